The van der Waals surface area contributed by atoms with Crippen LogP contribution in [-0.2, 0) is 21.2 Å². The highest BCUT2D eigenvalue weighted by atomic mass is 32.2. The van der Waals surface area contributed by atoms with Crippen LogP contribution in [0.25, 0.3) is 16.9 Å². The van der Waals surface area contributed by atoms with E-state index in [1.807, 2.05) is 6.92 Å². The predicted molar refractivity (Wildman–Crippen MR) is 121 cm³/mol. The minimum atomic E-state index is -5.22. The number of nitrogens with one attached hydrogen (secondary N) is 2. The Bertz CT molecular complexity index is 1640. The molecule has 33 heavy (non-hydrogen) atoms. The first-order valence-electron chi connectivity index (χ1n) is 13.1. The Kier molecular flexibility index (Phi) is 4.44. The van der Waals surface area contributed by atoms with Crippen molar-refractivity contribution in [1.82, 2.24) is 29.2 Å². The summed E-state index contributed by atoms with van der Waals surface area (Å²) in [5.74, 6) is -1.18. The third-order valence-corrected chi connectivity index (χ3v) is 6.31. The lowest BCUT2D eigenvalue weighted by atomic mass is 10.2. The van der Waals surface area contributed by atoms with Crippen LogP contribution in [0.1, 0.15) is 40.0 Å². The maximum absolute atomic E-state index is 13.7. The molecule has 2 N–H and O–H groups in total. The minimum Gasteiger partial charge on any atom is -0.493 e. The number of sulfonamides is 1. The molecular weight excluding hydrogens is 448 g/mol. The number of rotatable bonds is 7. The first-order chi connectivity index (χ1) is 18.0. The normalized spacial score (nSPS) is 22.3. The molecular formula is C21H26N6O5S. The SMILES string of the molecule is [2H]C1([2H])C(=O)NC([2H])([2H])C([2H])([2H])N1S(=O)(=O)c1ccc(OCC)c(-c2nn3c(CCC)nc(C)c3c(=O)[nH]2)c1. The van der Waals surface area contributed by atoms with Crippen molar-refractivity contribution in [1.29, 1.82) is 0 Å². The van der Waals surface area contributed by atoms with Crippen LogP contribution < -0.4 is 15.6 Å². The van der Waals surface area contributed by atoms with Gasteiger partial charge in [0, 0.05) is 22.2 Å². The Morgan fingerprint density at radius 3 is 2.79 bits per heavy atom. The van der Waals surface area contributed by atoms with E-state index in [4.69, 9.17) is 13.0 Å². The monoisotopic (exact) mass is 480 g/mol. The average Bonchev–Trinajstić information content (AvgIpc) is 3.13. The van der Waals surface area contributed by atoms with Crippen LogP contribution in [0.2, 0.25) is 0 Å². The Labute approximate surface area is 199 Å². The fourth-order valence-electron chi connectivity index (χ4n) is 3.39. The molecule has 0 atom stereocenters. The summed E-state index contributed by atoms with van der Waals surface area (Å²) in [6, 6.07) is 3.20. The number of aryl methyl sites for hydroxylation is 2. The van der Waals surface area contributed by atoms with Crippen molar-refractivity contribution in [2.45, 2.75) is 38.5 Å². The van der Waals surface area contributed by atoms with Crippen molar-refractivity contribution in [2.24, 2.45) is 0 Å². The first kappa shape index (κ1) is 16.4. The van der Waals surface area contributed by atoms with Crippen molar-refractivity contribution < 1.29 is 26.2 Å². The Hall–Kier alpha value is -3.25. The molecule has 0 unspecified atom stereocenters. The molecule has 4 rings (SSSR count). The van der Waals surface area contributed by atoms with Gasteiger partial charge in [0.25, 0.3) is 5.56 Å². The second-order valence-corrected chi connectivity index (χ2v) is 8.88. The predicted octanol–water partition coefficient (Wildman–Crippen LogP) is 0.865. The van der Waals surface area contributed by atoms with Gasteiger partial charge in [-0.3, -0.25) is 9.59 Å². The number of aromatic amines is 1. The molecule has 1 saturated heterocycles. The highest BCUT2D eigenvalue weighted by Gasteiger charge is 2.30. The molecule has 11 nitrogen and oxygen atoms in total. The van der Waals surface area contributed by atoms with Crippen molar-refractivity contribution in [3.05, 3.63) is 40.1 Å². The summed E-state index contributed by atoms with van der Waals surface area (Å²) in [5.41, 5.74) is 0.0575. The Morgan fingerprint density at radius 2 is 2.06 bits per heavy atom. The van der Waals surface area contributed by atoms with E-state index in [0.717, 1.165) is 12.1 Å². The van der Waals surface area contributed by atoms with Gasteiger partial charge in [0.2, 0.25) is 15.9 Å². The van der Waals surface area contributed by atoms with Crippen LogP contribution in [0, 0.1) is 6.92 Å². The third-order valence-electron chi connectivity index (χ3n) is 4.80. The third kappa shape index (κ3) is 4.23. The Balaban J connectivity index is 1.96. The lowest BCUT2D eigenvalue weighted by Gasteiger charge is -2.26. The van der Waals surface area contributed by atoms with Crippen molar-refractivity contribution in [2.75, 3.05) is 26.1 Å². The van der Waals surface area contributed by atoms with Crippen LogP contribution in [0.5, 0.6) is 5.75 Å². The van der Waals surface area contributed by atoms with Gasteiger partial charge in [-0.2, -0.15) is 4.31 Å². The summed E-state index contributed by atoms with van der Waals surface area (Å²) in [6.45, 7) is -4.88. The van der Waals surface area contributed by atoms with Crippen molar-refractivity contribution >= 4 is 21.4 Å². The molecule has 1 fully saturated rings. The summed E-state index contributed by atoms with van der Waals surface area (Å²) in [4.78, 5) is 31.6. The van der Waals surface area contributed by atoms with Crippen LogP contribution in [0.3, 0.4) is 0 Å². The van der Waals surface area contributed by atoms with Gasteiger partial charge in [0.1, 0.15) is 11.6 Å². The molecule has 0 aliphatic carbocycles. The van der Waals surface area contributed by atoms with E-state index >= 15 is 0 Å². The van der Waals surface area contributed by atoms with Crippen LogP contribution in [0.15, 0.2) is 27.9 Å². The van der Waals surface area contributed by atoms with Crippen molar-refractivity contribution in [3.63, 3.8) is 0 Å². The van der Waals surface area contributed by atoms with Crippen LogP contribution >= 0.6 is 0 Å². The van der Waals surface area contributed by atoms with Gasteiger partial charge >= 0.3 is 0 Å². The molecule has 0 saturated carbocycles. The number of benzene rings is 1. The zero-order chi connectivity index (χ0) is 29.1. The van der Waals surface area contributed by atoms with E-state index in [1.54, 1.807) is 19.2 Å². The number of H-pyrrole nitrogens is 1. The van der Waals surface area contributed by atoms with E-state index in [-0.39, 0.29) is 29.3 Å². The molecule has 1 aromatic carbocycles. The number of carbonyl (C=O) groups excluding carboxylic acids is 1. The highest BCUT2D eigenvalue weighted by Crippen LogP contribution is 2.31. The number of aromatic nitrogens is 4. The van der Waals surface area contributed by atoms with E-state index in [0.29, 0.717) is 24.4 Å². The van der Waals surface area contributed by atoms with Gasteiger partial charge in [-0.05, 0) is 38.5 Å². The van der Waals surface area contributed by atoms with E-state index in [9.17, 15) is 18.0 Å². The number of hydrogen-bond donors (Lipinski definition) is 2. The molecule has 3 heterocycles. The standard InChI is InChI=1S/C21H26N6O5S/c1-4-6-17-23-13(3)19-21(29)24-20(25-27(17)19)15-11-14(7-8-16(15)32-5-2)33(30,31)26-10-9-22-18(28)12-26/h7-8,11H,4-6,9-10,12H2,1-3H3,(H,22,28)(H,24,25,29)/i9D2,10D2,12D2. The fourth-order valence-corrected chi connectivity index (χ4v) is 4.47. The number of imidazole rings is 1. The van der Waals surface area contributed by atoms with E-state index in [1.165, 1.54) is 10.6 Å². The fraction of sp³-hybridized carbons (Fsp3) is 0.429. The molecule has 1 aliphatic heterocycles. The molecule has 1 aliphatic rings. The van der Waals surface area contributed by atoms with E-state index in [2.05, 4.69) is 15.1 Å². The maximum Gasteiger partial charge on any atom is 0.277 e. The van der Waals surface area contributed by atoms with Crippen molar-refractivity contribution in [3.8, 4) is 17.1 Å². The lowest BCUT2D eigenvalue weighted by molar-refractivity contribution is -0.122. The molecule has 3 aromatic rings. The number of carbonyl (C=O) groups is 1. The topological polar surface area (TPSA) is 139 Å². The zero-order valence-electron chi connectivity index (χ0n) is 24.1. The summed E-state index contributed by atoms with van der Waals surface area (Å²) < 4.78 is 81.9. The lowest BCUT2D eigenvalue weighted by Crippen LogP contribution is -2.49. The smallest absolute Gasteiger partial charge is 0.277 e. The van der Waals surface area contributed by atoms with Gasteiger partial charge in [0.15, 0.2) is 11.3 Å². The number of amides is 1. The first-order valence-corrected chi connectivity index (χ1v) is 11.6. The van der Waals surface area contributed by atoms with Gasteiger partial charge in [0.05, 0.1) is 34.7 Å². The number of nitrogens with zero attached hydrogens (tertiary/aromatic N) is 4. The second kappa shape index (κ2) is 8.94. The molecule has 0 bridgehead atoms. The largest absolute Gasteiger partial charge is 0.493 e. The van der Waals surface area contributed by atoms with Crippen LogP contribution in [-0.4, -0.2) is 64.3 Å². The zero-order valence-corrected chi connectivity index (χ0v) is 18.9. The molecule has 2 aromatic heterocycles. The highest BCUT2D eigenvalue weighted by molar-refractivity contribution is 7.89. The van der Waals surface area contributed by atoms with E-state index < -0.39 is 50.2 Å². The molecule has 12 heteroatoms. The van der Waals surface area contributed by atoms with Crippen LogP contribution in [0.4, 0.5) is 0 Å². The van der Waals surface area contributed by atoms with Gasteiger partial charge in [-0.1, -0.05) is 6.92 Å². The average molecular weight is 481 g/mol. The number of fused-ring (bicyclic) bond motifs is 1. The summed E-state index contributed by atoms with van der Waals surface area (Å²) in [6.07, 6.45) is 1.21. The quantitative estimate of drug-likeness (QED) is 0.511. The van der Waals surface area contributed by atoms with Gasteiger partial charge in [-0.15, -0.1) is 5.10 Å². The number of ether oxygens (including phenoxy) is 1. The summed E-state index contributed by atoms with van der Waals surface area (Å²) in [5, 5.41) is 6.01. The number of piperazine rings is 1. The summed E-state index contributed by atoms with van der Waals surface area (Å²) in [7, 11) is -5.22. The molecule has 0 spiro atoms. The molecule has 176 valence electrons. The summed E-state index contributed by atoms with van der Waals surface area (Å²) >= 11 is 0. The number of hydrogen-bond acceptors (Lipinski definition) is 7. The van der Waals surface area contributed by atoms with Gasteiger partial charge < -0.3 is 15.0 Å². The minimum absolute atomic E-state index is 0.0312. The maximum atomic E-state index is 13.7. The second-order valence-electron chi connectivity index (χ2n) is 7.09. The molecule has 1 amide bonds. The Morgan fingerprint density at radius 1 is 1.27 bits per heavy atom. The molecule has 0 radical (unpaired) electrons. The van der Waals surface area contributed by atoms with Gasteiger partial charge in [-0.25, -0.2) is 17.9 Å².